The van der Waals surface area contributed by atoms with Crippen molar-refractivity contribution in [1.82, 2.24) is 0 Å². The summed E-state index contributed by atoms with van der Waals surface area (Å²) >= 11 is 0. The maximum atomic E-state index is 13.0. The Labute approximate surface area is 517 Å². The standard InChI is InChI=1S/C66H128O17P2/c1-8-10-11-12-13-14-18-26-33-40-47-63(68)76-54-62(83-66(71)50-43-36-29-22-24-31-38-45-58(5)6)56-81-85(74,75)79-52-60(67)51-78-84(72,73)80-55-61(53-77-64(69)48-41-34-27-21-20-23-30-37-44-57(3)4)82-65(70)49-42-35-28-19-16-15-17-25-32-39-46-59(7)9-2/h57-62,67H,8-56H2,1-7H3,(H,72,73)(H,74,75)/t59?,60-,61-,62-/m1/s1. The van der Waals surface area contributed by atoms with Crippen LogP contribution in [0.1, 0.15) is 325 Å². The SMILES string of the molecule is CCCCCCCCCCCCC(=O)OC[C@H](COP(=O)(O)OC[C@H](O)COP(=O)(O)OC[C@@H](COC(=O)CCCCCCCCCCC(C)C)OC(=O)CCCCCCCCCCCCC(C)CC)OC(=O)CCCCCCCCCC(C)C. The van der Waals surface area contributed by atoms with Gasteiger partial charge in [0.25, 0.3) is 0 Å². The number of esters is 4. The van der Waals surface area contributed by atoms with Gasteiger partial charge in [-0.15, -0.1) is 0 Å². The van der Waals surface area contributed by atoms with Crippen molar-refractivity contribution in [2.24, 2.45) is 17.8 Å². The van der Waals surface area contributed by atoms with Gasteiger partial charge in [-0.2, -0.15) is 0 Å². The second-order valence-electron chi connectivity index (χ2n) is 25.1. The van der Waals surface area contributed by atoms with Gasteiger partial charge in [-0.05, 0) is 43.4 Å². The van der Waals surface area contributed by atoms with Crippen molar-refractivity contribution in [3.05, 3.63) is 0 Å². The van der Waals surface area contributed by atoms with Crippen molar-refractivity contribution in [1.29, 1.82) is 0 Å². The molecule has 0 aliphatic rings. The molecule has 0 aromatic heterocycles. The molecule has 0 bridgehead atoms. The lowest BCUT2D eigenvalue weighted by Crippen LogP contribution is -2.30. The Morgan fingerprint density at radius 3 is 0.894 bits per heavy atom. The molecule has 0 aromatic rings. The van der Waals surface area contributed by atoms with Crippen LogP contribution in [-0.4, -0.2) is 96.7 Å². The molecule has 19 heteroatoms. The number of hydrogen-bond acceptors (Lipinski definition) is 15. The average Bonchev–Trinajstić information content (AvgIpc) is 3.47. The first-order chi connectivity index (χ1) is 40.8. The second kappa shape index (κ2) is 57.2. The molecule has 0 spiro atoms. The number of aliphatic hydroxyl groups excluding tert-OH is 1. The summed E-state index contributed by atoms with van der Waals surface area (Å²) in [6.07, 6.45) is 38.9. The van der Waals surface area contributed by atoms with E-state index in [0.29, 0.717) is 31.6 Å². The molecule has 0 saturated heterocycles. The number of phosphoric acid groups is 2. The molecule has 0 aliphatic carbocycles. The van der Waals surface area contributed by atoms with Crippen LogP contribution in [0.5, 0.6) is 0 Å². The average molecular weight is 1260 g/mol. The van der Waals surface area contributed by atoms with Crippen molar-refractivity contribution >= 4 is 39.5 Å². The first kappa shape index (κ1) is 83.1. The summed E-state index contributed by atoms with van der Waals surface area (Å²) in [4.78, 5) is 72.3. The van der Waals surface area contributed by atoms with Crippen LogP contribution >= 0.6 is 15.6 Å². The van der Waals surface area contributed by atoms with E-state index in [1.165, 1.54) is 135 Å². The first-order valence-corrected chi connectivity index (χ1v) is 37.4. The Balaban J connectivity index is 5.25. The monoisotopic (exact) mass is 1250 g/mol. The zero-order valence-electron chi connectivity index (χ0n) is 55.1. The molecule has 3 N–H and O–H groups in total. The summed E-state index contributed by atoms with van der Waals surface area (Å²) in [5.41, 5.74) is 0. The van der Waals surface area contributed by atoms with E-state index in [-0.39, 0.29) is 25.7 Å². The Morgan fingerprint density at radius 2 is 0.600 bits per heavy atom. The molecule has 17 nitrogen and oxygen atoms in total. The van der Waals surface area contributed by atoms with Gasteiger partial charge in [-0.1, -0.05) is 273 Å². The van der Waals surface area contributed by atoms with E-state index >= 15 is 0 Å². The Kier molecular flexibility index (Phi) is 55.9. The fourth-order valence-electron chi connectivity index (χ4n) is 9.80. The van der Waals surface area contributed by atoms with Crippen LogP contribution in [0, 0.1) is 17.8 Å². The lowest BCUT2D eigenvalue weighted by molar-refractivity contribution is -0.161. The minimum absolute atomic E-state index is 0.103. The molecule has 3 unspecified atom stereocenters. The predicted molar refractivity (Wildman–Crippen MR) is 340 cm³/mol. The van der Waals surface area contributed by atoms with Gasteiger partial charge in [0.2, 0.25) is 0 Å². The summed E-state index contributed by atoms with van der Waals surface area (Å²) < 4.78 is 68.1. The first-order valence-electron chi connectivity index (χ1n) is 34.4. The molecule has 0 aromatic carbocycles. The van der Waals surface area contributed by atoms with Gasteiger partial charge in [0.1, 0.15) is 19.3 Å². The van der Waals surface area contributed by atoms with Crippen LogP contribution in [0.3, 0.4) is 0 Å². The highest BCUT2D eigenvalue weighted by atomic mass is 31.2. The molecule has 6 atom stereocenters. The minimum atomic E-state index is -4.95. The van der Waals surface area contributed by atoms with E-state index in [0.717, 1.165) is 102 Å². The van der Waals surface area contributed by atoms with Crippen LogP contribution in [0.25, 0.3) is 0 Å². The number of carbonyl (C=O) groups excluding carboxylic acids is 4. The number of hydrogen-bond donors (Lipinski definition) is 3. The lowest BCUT2D eigenvalue weighted by Gasteiger charge is -2.21. The lowest BCUT2D eigenvalue weighted by atomic mass is 9.99. The number of unbranched alkanes of at least 4 members (excludes halogenated alkanes) is 31. The third-order valence-corrected chi connectivity index (χ3v) is 17.4. The maximum absolute atomic E-state index is 13.0. The van der Waals surface area contributed by atoms with Gasteiger partial charge in [-0.25, -0.2) is 9.13 Å². The molecular weight excluding hydrogens is 1130 g/mol. The smallest absolute Gasteiger partial charge is 0.462 e. The molecule has 0 rings (SSSR count). The largest absolute Gasteiger partial charge is 0.472 e. The molecular formula is C66H128O17P2. The zero-order chi connectivity index (χ0) is 63.1. The van der Waals surface area contributed by atoms with E-state index in [4.69, 9.17) is 37.0 Å². The van der Waals surface area contributed by atoms with Crippen LogP contribution < -0.4 is 0 Å². The fraction of sp³-hybridized carbons (Fsp3) is 0.939. The van der Waals surface area contributed by atoms with E-state index in [1.807, 2.05) is 0 Å². The predicted octanol–water partition coefficient (Wildman–Crippen LogP) is 18.3. The summed E-state index contributed by atoms with van der Waals surface area (Å²) in [6.45, 7) is 11.7. The van der Waals surface area contributed by atoms with Crippen molar-refractivity contribution in [2.45, 2.75) is 343 Å². The van der Waals surface area contributed by atoms with Gasteiger partial charge >= 0.3 is 39.5 Å². The van der Waals surface area contributed by atoms with Crippen LogP contribution in [0.4, 0.5) is 0 Å². The van der Waals surface area contributed by atoms with E-state index < -0.39 is 97.5 Å². The highest BCUT2D eigenvalue weighted by molar-refractivity contribution is 7.47. The molecule has 0 amide bonds. The van der Waals surface area contributed by atoms with Gasteiger partial charge in [0.05, 0.1) is 26.4 Å². The molecule has 0 fully saturated rings. The van der Waals surface area contributed by atoms with Gasteiger partial charge < -0.3 is 33.8 Å². The highest BCUT2D eigenvalue weighted by Gasteiger charge is 2.30. The fourth-order valence-corrected chi connectivity index (χ4v) is 11.4. The van der Waals surface area contributed by atoms with Crippen LogP contribution in [0.15, 0.2) is 0 Å². The number of aliphatic hydroxyl groups is 1. The number of rotatable bonds is 64. The van der Waals surface area contributed by atoms with Gasteiger partial charge in [-0.3, -0.25) is 37.3 Å². The number of phosphoric ester groups is 2. The normalized spacial score (nSPS) is 14.6. The third-order valence-electron chi connectivity index (χ3n) is 15.5. The minimum Gasteiger partial charge on any atom is -0.462 e. The van der Waals surface area contributed by atoms with Crippen molar-refractivity contribution in [3.8, 4) is 0 Å². The van der Waals surface area contributed by atoms with E-state index in [9.17, 15) is 43.2 Å². The number of ether oxygens (including phenoxy) is 4. The summed E-state index contributed by atoms with van der Waals surface area (Å²) in [6, 6.07) is 0. The highest BCUT2D eigenvalue weighted by Crippen LogP contribution is 2.45. The molecule has 85 heavy (non-hydrogen) atoms. The van der Waals surface area contributed by atoms with Crippen molar-refractivity contribution in [3.63, 3.8) is 0 Å². The topological polar surface area (TPSA) is 237 Å². The van der Waals surface area contributed by atoms with Gasteiger partial charge in [0, 0.05) is 25.7 Å². The molecule has 0 saturated carbocycles. The molecule has 0 radical (unpaired) electrons. The summed E-state index contributed by atoms with van der Waals surface area (Å²) in [7, 11) is -9.89. The summed E-state index contributed by atoms with van der Waals surface area (Å²) in [5, 5.41) is 10.5. The zero-order valence-corrected chi connectivity index (χ0v) is 56.9. The maximum Gasteiger partial charge on any atom is 0.472 e. The molecule has 0 aliphatic heterocycles. The third kappa shape index (κ3) is 59.5. The van der Waals surface area contributed by atoms with Gasteiger partial charge in [0.15, 0.2) is 12.2 Å². The van der Waals surface area contributed by atoms with Crippen molar-refractivity contribution < 1.29 is 80.2 Å². The second-order valence-corrected chi connectivity index (χ2v) is 28.0. The number of carbonyl (C=O) groups is 4. The van der Waals surface area contributed by atoms with Crippen LogP contribution in [0.2, 0.25) is 0 Å². The van der Waals surface area contributed by atoms with Crippen LogP contribution in [-0.2, 0) is 65.4 Å². The Hall–Kier alpha value is -1.94. The quantitative estimate of drug-likeness (QED) is 0.0222. The van der Waals surface area contributed by atoms with Crippen molar-refractivity contribution in [2.75, 3.05) is 39.6 Å². The molecule has 0 heterocycles. The Bertz CT molecular complexity index is 1680. The van der Waals surface area contributed by atoms with E-state index in [2.05, 4.69) is 48.5 Å². The van der Waals surface area contributed by atoms with E-state index in [1.54, 1.807) is 0 Å². The summed E-state index contributed by atoms with van der Waals surface area (Å²) in [5.74, 6) is 0.0903. The molecule has 504 valence electrons. The Morgan fingerprint density at radius 1 is 0.341 bits per heavy atom.